The fourth-order valence-electron chi connectivity index (χ4n) is 3.54. The summed E-state index contributed by atoms with van der Waals surface area (Å²) in [7, 11) is 0. The molecule has 3 heteroatoms. The summed E-state index contributed by atoms with van der Waals surface area (Å²) in [5.74, 6) is 3.35. The first-order valence-electron chi connectivity index (χ1n) is 6.45. The van der Waals surface area contributed by atoms with Crippen LogP contribution in [0.15, 0.2) is 4.52 Å². The van der Waals surface area contributed by atoms with Gasteiger partial charge in [-0.25, -0.2) is 0 Å². The highest BCUT2D eigenvalue weighted by Gasteiger charge is 2.53. The van der Waals surface area contributed by atoms with E-state index in [1.54, 1.807) is 0 Å². The lowest BCUT2D eigenvalue weighted by Gasteiger charge is -2.04. The van der Waals surface area contributed by atoms with Crippen LogP contribution < -0.4 is 5.73 Å². The number of fused-ring (bicyclic) bond motifs is 1. The predicted octanol–water partition coefficient (Wildman–Crippen LogP) is 3.28. The van der Waals surface area contributed by atoms with Gasteiger partial charge in [0.25, 0.3) is 0 Å². The second-order valence-electron chi connectivity index (χ2n) is 5.64. The number of anilines is 1. The Labute approximate surface area is 96.4 Å². The first kappa shape index (κ1) is 10.2. The number of aromatic nitrogens is 1. The summed E-state index contributed by atoms with van der Waals surface area (Å²) in [5, 5.41) is 4.22. The second kappa shape index (κ2) is 3.51. The van der Waals surface area contributed by atoms with E-state index in [9.17, 15) is 0 Å². The van der Waals surface area contributed by atoms with E-state index in [4.69, 9.17) is 10.3 Å². The van der Waals surface area contributed by atoms with Gasteiger partial charge < -0.3 is 10.3 Å². The maximum absolute atomic E-state index is 5.87. The van der Waals surface area contributed by atoms with Crippen LogP contribution in [0.4, 0.5) is 5.88 Å². The molecule has 0 spiro atoms. The van der Waals surface area contributed by atoms with E-state index >= 15 is 0 Å². The summed E-state index contributed by atoms with van der Waals surface area (Å²) in [6.07, 6.45) is 5.53. The van der Waals surface area contributed by atoms with Gasteiger partial charge in [0.1, 0.15) is 0 Å². The molecule has 0 bridgehead atoms. The maximum Gasteiger partial charge on any atom is 0.225 e. The van der Waals surface area contributed by atoms with Gasteiger partial charge in [0.2, 0.25) is 5.88 Å². The zero-order chi connectivity index (χ0) is 11.3. The van der Waals surface area contributed by atoms with Gasteiger partial charge in [0, 0.05) is 11.5 Å². The van der Waals surface area contributed by atoms with Crippen LogP contribution in [-0.4, -0.2) is 5.16 Å². The number of nitrogen functional groups attached to an aromatic ring is 1. The van der Waals surface area contributed by atoms with Crippen LogP contribution in [0.2, 0.25) is 0 Å². The minimum Gasteiger partial charge on any atom is -0.367 e. The molecule has 2 unspecified atom stereocenters. The molecule has 0 aliphatic heterocycles. The molecule has 0 amide bonds. The molecular formula is C13H20N2O. The molecule has 0 aromatic carbocycles. The monoisotopic (exact) mass is 220 g/mol. The van der Waals surface area contributed by atoms with Crippen LogP contribution in [0.5, 0.6) is 0 Å². The van der Waals surface area contributed by atoms with Crippen LogP contribution in [0.1, 0.15) is 62.6 Å². The van der Waals surface area contributed by atoms with Crippen molar-refractivity contribution in [2.24, 2.45) is 11.8 Å². The Balaban J connectivity index is 1.90. The highest BCUT2D eigenvalue weighted by atomic mass is 16.5. The van der Waals surface area contributed by atoms with Gasteiger partial charge in [-0.15, -0.1) is 0 Å². The molecule has 16 heavy (non-hydrogen) atoms. The van der Waals surface area contributed by atoms with Crippen molar-refractivity contribution < 1.29 is 4.52 Å². The molecule has 1 aromatic heterocycles. The average molecular weight is 220 g/mol. The van der Waals surface area contributed by atoms with E-state index in [1.807, 2.05) is 0 Å². The van der Waals surface area contributed by atoms with Crippen molar-refractivity contribution in [1.82, 2.24) is 5.16 Å². The Morgan fingerprint density at radius 1 is 1.25 bits per heavy atom. The van der Waals surface area contributed by atoms with Crippen LogP contribution in [0.3, 0.4) is 0 Å². The fraction of sp³-hybridized carbons (Fsp3) is 0.769. The third kappa shape index (κ3) is 1.37. The van der Waals surface area contributed by atoms with Gasteiger partial charge in [-0.2, -0.15) is 0 Å². The Morgan fingerprint density at radius 2 is 1.88 bits per heavy atom. The first-order valence-corrected chi connectivity index (χ1v) is 6.45. The molecule has 3 rings (SSSR count). The topological polar surface area (TPSA) is 52.0 Å². The summed E-state index contributed by atoms with van der Waals surface area (Å²) in [5.41, 5.74) is 8.20. The zero-order valence-electron chi connectivity index (χ0n) is 10.1. The van der Waals surface area contributed by atoms with Gasteiger partial charge in [-0.05, 0) is 30.6 Å². The van der Waals surface area contributed by atoms with Gasteiger partial charge in [-0.3, -0.25) is 0 Å². The molecule has 2 saturated carbocycles. The highest BCUT2D eigenvalue weighted by molar-refractivity contribution is 5.45. The summed E-state index contributed by atoms with van der Waals surface area (Å²) in [4.78, 5) is 0. The number of rotatable bonds is 2. The van der Waals surface area contributed by atoms with Crippen molar-refractivity contribution in [2.45, 2.75) is 51.4 Å². The number of hydrogen-bond donors (Lipinski definition) is 1. The predicted molar refractivity (Wildman–Crippen MR) is 63.2 cm³/mol. The average Bonchev–Trinajstić information content (AvgIpc) is 2.86. The molecule has 0 radical (unpaired) electrons. The summed E-state index contributed by atoms with van der Waals surface area (Å²) < 4.78 is 5.19. The van der Waals surface area contributed by atoms with Crippen molar-refractivity contribution >= 4 is 5.88 Å². The van der Waals surface area contributed by atoms with E-state index < -0.39 is 0 Å². The Hall–Kier alpha value is -0.990. The van der Waals surface area contributed by atoms with Crippen molar-refractivity contribution in [1.29, 1.82) is 0 Å². The lowest BCUT2D eigenvalue weighted by molar-refractivity contribution is 0.425. The molecule has 2 aliphatic carbocycles. The summed E-state index contributed by atoms with van der Waals surface area (Å²) in [6, 6.07) is 0. The minimum absolute atomic E-state index is 0.420. The van der Waals surface area contributed by atoms with Crippen LogP contribution in [-0.2, 0) is 0 Å². The molecule has 88 valence electrons. The Kier molecular flexibility index (Phi) is 2.23. The van der Waals surface area contributed by atoms with Gasteiger partial charge in [0.05, 0.1) is 5.69 Å². The van der Waals surface area contributed by atoms with Crippen LogP contribution >= 0.6 is 0 Å². The molecule has 2 fully saturated rings. The smallest absolute Gasteiger partial charge is 0.225 e. The highest BCUT2D eigenvalue weighted by Crippen LogP contribution is 2.62. The van der Waals surface area contributed by atoms with Gasteiger partial charge >= 0.3 is 0 Å². The van der Waals surface area contributed by atoms with Gasteiger partial charge in [-0.1, -0.05) is 31.8 Å². The summed E-state index contributed by atoms with van der Waals surface area (Å²) >= 11 is 0. The van der Waals surface area contributed by atoms with Gasteiger partial charge in [0.15, 0.2) is 0 Å². The second-order valence-corrected chi connectivity index (χ2v) is 5.64. The quantitative estimate of drug-likeness (QED) is 0.832. The van der Waals surface area contributed by atoms with Crippen LogP contribution in [0.25, 0.3) is 0 Å². The molecule has 2 atom stereocenters. The molecule has 2 N–H and O–H groups in total. The number of hydrogen-bond acceptors (Lipinski definition) is 3. The lowest BCUT2D eigenvalue weighted by atomic mass is 9.99. The third-order valence-electron chi connectivity index (χ3n) is 4.33. The number of nitrogens with two attached hydrogens (primary N) is 1. The van der Waals surface area contributed by atoms with Crippen molar-refractivity contribution in [3.8, 4) is 0 Å². The molecule has 1 aromatic rings. The van der Waals surface area contributed by atoms with E-state index in [-0.39, 0.29) is 0 Å². The van der Waals surface area contributed by atoms with Crippen molar-refractivity contribution in [3.63, 3.8) is 0 Å². The van der Waals surface area contributed by atoms with Crippen molar-refractivity contribution in [2.75, 3.05) is 5.73 Å². The van der Waals surface area contributed by atoms with E-state index in [2.05, 4.69) is 19.0 Å². The fourth-order valence-corrected chi connectivity index (χ4v) is 3.54. The largest absolute Gasteiger partial charge is 0.367 e. The Morgan fingerprint density at radius 3 is 2.44 bits per heavy atom. The molecule has 3 nitrogen and oxygen atoms in total. The molecular weight excluding hydrogens is 200 g/mol. The summed E-state index contributed by atoms with van der Waals surface area (Å²) in [6.45, 7) is 4.33. The lowest BCUT2D eigenvalue weighted by Crippen LogP contribution is -1.97. The Bertz CT molecular complexity index is 385. The third-order valence-corrected chi connectivity index (χ3v) is 4.33. The molecule has 1 heterocycles. The minimum atomic E-state index is 0.420. The normalized spacial score (nSPS) is 32.8. The molecule has 0 saturated heterocycles. The maximum atomic E-state index is 5.87. The standard InChI is InChI=1S/C13H20N2O/c1-7(2)10-12(15-16-13(10)14)11-8-5-3-4-6-9(8)11/h7-9,11H,3-6,14H2,1-2H3. The van der Waals surface area contributed by atoms with Crippen molar-refractivity contribution in [3.05, 3.63) is 11.3 Å². The van der Waals surface area contributed by atoms with E-state index in [0.29, 0.717) is 17.7 Å². The van der Waals surface area contributed by atoms with E-state index in [0.717, 1.165) is 11.8 Å². The SMILES string of the molecule is CC(C)c1c(C2C3CCCCC32)noc1N. The first-order chi connectivity index (χ1) is 7.70. The number of nitrogens with zero attached hydrogens (tertiary/aromatic N) is 1. The van der Waals surface area contributed by atoms with Crippen LogP contribution in [0, 0.1) is 11.8 Å². The zero-order valence-corrected chi connectivity index (χ0v) is 10.1. The molecule has 2 aliphatic rings. The van der Waals surface area contributed by atoms with E-state index in [1.165, 1.54) is 36.9 Å².